The standard InChI is InChI=1S/C9H15NOS2/c1-3-8(2)9(6-7(11)10-8)12-4-5-13-9/h3-6H2,1-2H3,(H,10,11)/t8-/m0/s1. The highest BCUT2D eigenvalue weighted by Crippen LogP contribution is 2.56. The van der Waals surface area contributed by atoms with Crippen LogP contribution in [-0.4, -0.2) is 27.0 Å². The van der Waals surface area contributed by atoms with Crippen LogP contribution in [0.1, 0.15) is 26.7 Å². The van der Waals surface area contributed by atoms with Crippen LogP contribution in [0.2, 0.25) is 0 Å². The minimum atomic E-state index is 0.00984. The van der Waals surface area contributed by atoms with Crippen LogP contribution < -0.4 is 5.32 Å². The van der Waals surface area contributed by atoms with Gasteiger partial charge in [-0.2, -0.15) is 0 Å². The second-order valence-corrected chi connectivity index (χ2v) is 6.91. The molecule has 1 amide bonds. The van der Waals surface area contributed by atoms with Crippen LogP contribution in [-0.2, 0) is 4.79 Å². The summed E-state index contributed by atoms with van der Waals surface area (Å²) < 4.78 is 0.138. The maximum absolute atomic E-state index is 11.4. The lowest BCUT2D eigenvalue weighted by Crippen LogP contribution is -2.49. The van der Waals surface area contributed by atoms with Crippen molar-refractivity contribution in [3.05, 3.63) is 0 Å². The summed E-state index contributed by atoms with van der Waals surface area (Å²) in [4.78, 5) is 11.4. The van der Waals surface area contributed by atoms with Crippen molar-refractivity contribution in [2.45, 2.75) is 36.3 Å². The van der Waals surface area contributed by atoms with E-state index >= 15 is 0 Å². The third kappa shape index (κ3) is 1.30. The van der Waals surface area contributed by atoms with Gasteiger partial charge in [0.25, 0.3) is 0 Å². The van der Waals surface area contributed by atoms with Crippen molar-refractivity contribution in [2.75, 3.05) is 11.5 Å². The first-order valence-corrected chi connectivity index (χ1v) is 6.68. The molecule has 2 saturated heterocycles. The second kappa shape index (κ2) is 3.09. The van der Waals surface area contributed by atoms with Gasteiger partial charge in [-0.3, -0.25) is 4.79 Å². The van der Waals surface area contributed by atoms with E-state index in [0.29, 0.717) is 6.42 Å². The predicted octanol–water partition coefficient (Wildman–Crippen LogP) is 1.85. The van der Waals surface area contributed by atoms with E-state index in [1.165, 1.54) is 11.5 Å². The predicted molar refractivity (Wildman–Crippen MR) is 59.1 cm³/mol. The van der Waals surface area contributed by atoms with Crippen molar-refractivity contribution in [3.8, 4) is 0 Å². The minimum Gasteiger partial charge on any atom is -0.349 e. The van der Waals surface area contributed by atoms with E-state index in [4.69, 9.17) is 0 Å². The van der Waals surface area contributed by atoms with Crippen molar-refractivity contribution >= 4 is 29.4 Å². The van der Waals surface area contributed by atoms with Gasteiger partial charge in [0, 0.05) is 11.5 Å². The highest BCUT2D eigenvalue weighted by molar-refractivity contribution is 8.21. The van der Waals surface area contributed by atoms with Crippen LogP contribution in [0.4, 0.5) is 0 Å². The Hall–Kier alpha value is 0.170. The zero-order chi connectivity index (χ0) is 9.53. The van der Waals surface area contributed by atoms with E-state index in [-0.39, 0.29) is 15.5 Å². The van der Waals surface area contributed by atoms with Crippen molar-refractivity contribution < 1.29 is 4.79 Å². The molecule has 2 rings (SSSR count). The van der Waals surface area contributed by atoms with E-state index in [9.17, 15) is 4.79 Å². The number of thioether (sulfide) groups is 2. The molecule has 4 heteroatoms. The maximum Gasteiger partial charge on any atom is 0.222 e. The van der Waals surface area contributed by atoms with Gasteiger partial charge in [-0.05, 0) is 13.3 Å². The average molecular weight is 217 g/mol. The molecule has 2 aliphatic rings. The number of rotatable bonds is 1. The molecule has 2 heterocycles. The molecular formula is C9H15NOS2. The van der Waals surface area contributed by atoms with Crippen LogP contribution in [0.25, 0.3) is 0 Å². The molecule has 0 unspecified atom stereocenters. The summed E-state index contributed by atoms with van der Waals surface area (Å²) in [7, 11) is 0. The van der Waals surface area contributed by atoms with Crippen molar-refractivity contribution in [1.82, 2.24) is 5.32 Å². The molecule has 2 fully saturated rings. The second-order valence-electron chi connectivity index (χ2n) is 3.86. The normalized spacial score (nSPS) is 36.9. The lowest BCUT2D eigenvalue weighted by molar-refractivity contribution is -0.119. The maximum atomic E-state index is 11.4. The van der Waals surface area contributed by atoms with Gasteiger partial charge in [-0.1, -0.05) is 6.92 Å². The quantitative estimate of drug-likeness (QED) is 0.727. The molecule has 2 aliphatic heterocycles. The molecule has 1 atom stereocenters. The van der Waals surface area contributed by atoms with Gasteiger partial charge < -0.3 is 5.32 Å². The number of carbonyl (C=O) groups is 1. The Morgan fingerprint density at radius 3 is 2.62 bits per heavy atom. The Kier molecular flexibility index (Phi) is 2.31. The summed E-state index contributed by atoms with van der Waals surface area (Å²) in [5.41, 5.74) is 0.00984. The molecule has 0 aromatic heterocycles. The minimum absolute atomic E-state index is 0.00984. The van der Waals surface area contributed by atoms with E-state index in [1.807, 2.05) is 23.5 Å². The fourth-order valence-corrected chi connectivity index (χ4v) is 5.74. The highest BCUT2D eigenvalue weighted by atomic mass is 32.2. The Morgan fingerprint density at radius 1 is 1.46 bits per heavy atom. The molecular weight excluding hydrogens is 202 g/mol. The fourth-order valence-electron chi connectivity index (χ4n) is 2.09. The SMILES string of the molecule is CC[C@]1(C)NC(=O)CC12SCCS2. The number of hydrogen-bond donors (Lipinski definition) is 1. The molecule has 74 valence electrons. The Bertz CT molecular complexity index is 238. The monoisotopic (exact) mass is 217 g/mol. The third-order valence-corrected chi connectivity index (χ3v) is 7.01. The summed E-state index contributed by atoms with van der Waals surface area (Å²) in [6.07, 6.45) is 1.73. The molecule has 2 nitrogen and oxygen atoms in total. The van der Waals surface area contributed by atoms with Gasteiger partial charge in [-0.25, -0.2) is 0 Å². The summed E-state index contributed by atoms with van der Waals surface area (Å²) in [6, 6.07) is 0. The van der Waals surface area contributed by atoms with E-state index < -0.39 is 0 Å². The molecule has 13 heavy (non-hydrogen) atoms. The molecule has 0 saturated carbocycles. The summed E-state index contributed by atoms with van der Waals surface area (Å²) in [5, 5.41) is 3.13. The molecule has 0 bridgehead atoms. The summed E-state index contributed by atoms with van der Waals surface area (Å²) >= 11 is 3.93. The zero-order valence-electron chi connectivity index (χ0n) is 8.05. The Morgan fingerprint density at radius 2 is 2.08 bits per heavy atom. The Balaban J connectivity index is 2.30. The molecule has 1 N–H and O–H groups in total. The van der Waals surface area contributed by atoms with Crippen molar-refractivity contribution in [1.29, 1.82) is 0 Å². The summed E-state index contributed by atoms with van der Waals surface area (Å²) in [6.45, 7) is 4.34. The van der Waals surface area contributed by atoms with Gasteiger partial charge in [-0.15, -0.1) is 23.5 Å². The number of nitrogens with one attached hydrogen (secondary N) is 1. The first-order chi connectivity index (χ1) is 6.12. The van der Waals surface area contributed by atoms with Crippen LogP contribution >= 0.6 is 23.5 Å². The molecule has 0 radical (unpaired) electrons. The van der Waals surface area contributed by atoms with Gasteiger partial charge in [0.2, 0.25) is 5.91 Å². The molecule has 1 spiro atoms. The number of hydrogen-bond acceptors (Lipinski definition) is 3. The summed E-state index contributed by atoms with van der Waals surface area (Å²) in [5.74, 6) is 2.61. The molecule has 0 aromatic carbocycles. The van der Waals surface area contributed by atoms with Crippen molar-refractivity contribution in [3.63, 3.8) is 0 Å². The first kappa shape index (κ1) is 9.71. The first-order valence-electron chi connectivity index (χ1n) is 4.71. The van der Waals surface area contributed by atoms with Crippen LogP contribution in [0.3, 0.4) is 0 Å². The number of amides is 1. The van der Waals surface area contributed by atoms with E-state index in [1.54, 1.807) is 0 Å². The van der Waals surface area contributed by atoms with Gasteiger partial charge in [0.1, 0.15) is 0 Å². The van der Waals surface area contributed by atoms with Gasteiger partial charge >= 0.3 is 0 Å². The van der Waals surface area contributed by atoms with Gasteiger partial charge in [0.05, 0.1) is 16.0 Å². The topological polar surface area (TPSA) is 29.1 Å². The van der Waals surface area contributed by atoms with E-state index in [0.717, 1.165) is 6.42 Å². The Labute approximate surface area is 87.6 Å². The van der Waals surface area contributed by atoms with E-state index in [2.05, 4.69) is 19.2 Å². The highest BCUT2D eigenvalue weighted by Gasteiger charge is 2.56. The number of carbonyl (C=O) groups excluding carboxylic acids is 1. The fraction of sp³-hybridized carbons (Fsp3) is 0.889. The largest absolute Gasteiger partial charge is 0.349 e. The third-order valence-electron chi connectivity index (χ3n) is 3.11. The van der Waals surface area contributed by atoms with Crippen LogP contribution in [0, 0.1) is 0 Å². The van der Waals surface area contributed by atoms with Crippen LogP contribution in [0.5, 0.6) is 0 Å². The van der Waals surface area contributed by atoms with Crippen molar-refractivity contribution in [2.24, 2.45) is 0 Å². The van der Waals surface area contributed by atoms with Crippen LogP contribution in [0.15, 0.2) is 0 Å². The smallest absolute Gasteiger partial charge is 0.222 e. The van der Waals surface area contributed by atoms with Gasteiger partial charge in [0.15, 0.2) is 0 Å². The molecule has 0 aromatic rings. The lowest BCUT2D eigenvalue weighted by Gasteiger charge is -2.37. The lowest BCUT2D eigenvalue weighted by atomic mass is 9.96. The molecule has 0 aliphatic carbocycles. The average Bonchev–Trinajstić information content (AvgIpc) is 2.61. The zero-order valence-corrected chi connectivity index (χ0v) is 9.69.